The van der Waals surface area contributed by atoms with Crippen LogP contribution in [0.5, 0.6) is 0 Å². The van der Waals surface area contributed by atoms with Gasteiger partial charge in [-0.1, -0.05) is 6.92 Å². The van der Waals surface area contributed by atoms with E-state index in [0.29, 0.717) is 30.4 Å². The Hall–Kier alpha value is -3.42. The molecule has 0 spiro atoms. The van der Waals surface area contributed by atoms with E-state index in [1.807, 2.05) is 39.9 Å². The highest BCUT2D eigenvalue weighted by Crippen LogP contribution is 2.23. The van der Waals surface area contributed by atoms with Gasteiger partial charge in [-0.15, -0.1) is 0 Å². The third kappa shape index (κ3) is 3.28. The first-order chi connectivity index (χ1) is 14.6. The molecule has 0 bridgehead atoms. The summed E-state index contributed by atoms with van der Waals surface area (Å²) in [5.41, 5.74) is 2.25. The lowest BCUT2D eigenvalue weighted by molar-refractivity contribution is 0.0683. The Morgan fingerprint density at radius 3 is 2.80 bits per heavy atom. The number of nitrogens with one attached hydrogen (secondary N) is 1. The van der Waals surface area contributed by atoms with Crippen LogP contribution in [0, 0.1) is 5.92 Å². The van der Waals surface area contributed by atoms with Gasteiger partial charge in [0.05, 0.1) is 17.4 Å². The van der Waals surface area contributed by atoms with Crippen LogP contribution >= 0.6 is 0 Å². The molecule has 8 heteroatoms. The average molecular weight is 404 g/mol. The first-order valence-electron chi connectivity index (χ1n) is 10.4. The number of urea groups is 1. The molecule has 5 rings (SSSR count). The summed E-state index contributed by atoms with van der Waals surface area (Å²) in [6.45, 7) is 5.06. The number of nitrogens with zero attached hydrogens (tertiary/aromatic N) is 5. The summed E-state index contributed by atoms with van der Waals surface area (Å²) >= 11 is 0. The van der Waals surface area contributed by atoms with Crippen LogP contribution in [0.1, 0.15) is 30.1 Å². The Morgan fingerprint density at radius 1 is 1.17 bits per heavy atom. The van der Waals surface area contributed by atoms with Gasteiger partial charge in [0.15, 0.2) is 0 Å². The van der Waals surface area contributed by atoms with Crippen LogP contribution in [0.15, 0.2) is 42.9 Å². The third-order valence-corrected chi connectivity index (χ3v) is 5.86. The summed E-state index contributed by atoms with van der Waals surface area (Å²) in [5, 5.41) is 3.69. The monoisotopic (exact) mass is 404 g/mol. The molecule has 0 aliphatic carbocycles. The number of amides is 3. The minimum absolute atomic E-state index is 0.0543. The van der Waals surface area contributed by atoms with Crippen molar-refractivity contribution in [2.24, 2.45) is 5.92 Å². The molecule has 3 aromatic heterocycles. The maximum atomic E-state index is 12.9. The quantitative estimate of drug-likeness (QED) is 0.728. The summed E-state index contributed by atoms with van der Waals surface area (Å²) in [7, 11) is 0. The van der Waals surface area contributed by atoms with Gasteiger partial charge in [0.2, 0.25) is 0 Å². The number of likely N-dealkylation sites (tertiary alicyclic amines) is 1. The summed E-state index contributed by atoms with van der Waals surface area (Å²) in [6.07, 6.45) is 7.56. The fourth-order valence-electron chi connectivity index (χ4n) is 4.28. The highest BCUT2D eigenvalue weighted by atomic mass is 16.2. The number of hydrogen-bond donors (Lipinski definition) is 1. The van der Waals surface area contributed by atoms with Crippen molar-refractivity contribution in [2.75, 3.05) is 31.1 Å². The van der Waals surface area contributed by atoms with Crippen LogP contribution < -0.4 is 10.2 Å². The van der Waals surface area contributed by atoms with Gasteiger partial charge in [0.25, 0.3) is 5.91 Å². The lowest BCUT2D eigenvalue weighted by Crippen LogP contribution is -2.39. The molecule has 2 saturated heterocycles. The van der Waals surface area contributed by atoms with E-state index in [1.54, 1.807) is 17.3 Å². The third-order valence-electron chi connectivity index (χ3n) is 5.86. The second-order valence-electron chi connectivity index (χ2n) is 8.08. The van der Waals surface area contributed by atoms with Gasteiger partial charge in [-0.3, -0.25) is 14.3 Å². The summed E-state index contributed by atoms with van der Waals surface area (Å²) < 4.78 is 1.94. The molecule has 5 heterocycles. The van der Waals surface area contributed by atoms with Crippen molar-refractivity contribution in [2.45, 2.75) is 19.8 Å². The number of carbonyl (C=O) groups is 2. The Kier molecular flexibility index (Phi) is 4.61. The maximum absolute atomic E-state index is 12.9. The molecule has 1 N–H and O–H groups in total. The first kappa shape index (κ1) is 18.6. The Bertz CT molecular complexity index is 1110. The number of aromatic nitrogens is 3. The standard InChI is InChI=1S/C22H24N6O2/c1-15-3-2-8-26(14-15)21(29)17-11-16-6-9-27(20(16)25-12-17)18-4-5-19(24-13-18)28-10-7-23-22(28)30/h4-6,9,11-13,15H,2-3,7-8,10,14H2,1H3,(H,23,30)/t15-/m0/s1. The fourth-order valence-corrected chi connectivity index (χ4v) is 4.28. The number of carbonyl (C=O) groups excluding carboxylic acids is 2. The largest absolute Gasteiger partial charge is 0.338 e. The maximum Gasteiger partial charge on any atom is 0.323 e. The summed E-state index contributed by atoms with van der Waals surface area (Å²) in [4.78, 5) is 37.3. The SMILES string of the molecule is C[C@H]1CCCN(C(=O)c2cnc3c(ccn3-c3ccc(N4CCNC4=O)nc3)c2)C1. The van der Waals surface area contributed by atoms with Crippen LogP contribution in [0.3, 0.4) is 0 Å². The van der Waals surface area contributed by atoms with Crippen molar-refractivity contribution in [3.05, 3.63) is 48.4 Å². The van der Waals surface area contributed by atoms with E-state index in [0.717, 1.165) is 36.2 Å². The Morgan fingerprint density at radius 2 is 2.07 bits per heavy atom. The predicted octanol–water partition coefficient (Wildman–Crippen LogP) is 2.82. The van der Waals surface area contributed by atoms with Crippen molar-refractivity contribution < 1.29 is 9.59 Å². The van der Waals surface area contributed by atoms with Gasteiger partial charge >= 0.3 is 6.03 Å². The molecular weight excluding hydrogens is 380 g/mol. The minimum Gasteiger partial charge on any atom is -0.338 e. The molecule has 3 amide bonds. The normalized spacial score (nSPS) is 19.4. The molecule has 8 nitrogen and oxygen atoms in total. The van der Waals surface area contributed by atoms with Crippen molar-refractivity contribution in [3.8, 4) is 5.69 Å². The molecule has 2 aliphatic rings. The van der Waals surface area contributed by atoms with Gasteiger partial charge in [-0.2, -0.15) is 0 Å². The Balaban J connectivity index is 1.40. The molecule has 3 aromatic rings. The van der Waals surface area contributed by atoms with Gasteiger partial charge < -0.3 is 10.2 Å². The van der Waals surface area contributed by atoms with E-state index in [2.05, 4.69) is 22.2 Å². The molecule has 1 atom stereocenters. The van der Waals surface area contributed by atoms with Crippen LogP contribution in [-0.2, 0) is 0 Å². The number of pyridine rings is 2. The zero-order valence-electron chi connectivity index (χ0n) is 16.9. The second kappa shape index (κ2) is 7.44. The molecule has 154 valence electrons. The number of rotatable bonds is 3. The van der Waals surface area contributed by atoms with E-state index in [4.69, 9.17) is 0 Å². The average Bonchev–Trinajstić information content (AvgIpc) is 3.39. The second-order valence-corrected chi connectivity index (χ2v) is 8.08. The summed E-state index contributed by atoms with van der Waals surface area (Å²) in [5.74, 6) is 1.23. The van der Waals surface area contributed by atoms with Gasteiger partial charge in [-0.25, -0.2) is 14.8 Å². The zero-order valence-corrected chi connectivity index (χ0v) is 16.9. The van der Waals surface area contributed by atoms with Crippen LogP contribution in [-0.4, -0.2) is 57.6 Å². The van der Waals surface area contributed by atoms with Crippen LogP contribution in [0.2, 0.25) is 0 Å². The first-order valence-corrected chi connectivity index (χ1v) is 10.4. The van der Waals surface area contributed by atoms with Crippen molar-refractivity contribution in [1.29, 1.82) is 0 Å². The predicted molar refractivity (Wildman–Crippen MR) is 114 cm³/mol. The lowest BCUT2D eigenvalue weighted by atomic mass is 9.99. The van der Waals surface area contributed by atoms with Gasteiger partial charge in [0, 0.05) is 44.0 Å². The van der Waals surface area contributed by atoms with Crippen molar-refractivity contribution in [1.82, 2.24) is 24.8 Å². The van der Waals surface area contributed by atoms with Gasteiger partial charge in [0.1, 0.15) is 11.5 Å². The minimum atomic E-state index is -0.122. The Labute approximate surface area is 174 Å². The van der Waals surface area contributed by atoms with Crippen LogP contribution in [0.25, 0.3) is 16.7 Å². The van der Waals surface area contributed by atoms with E-state index in [9.17, 15) is 9.59 Å². The van der Waals surface area contributed by atoms with Crippen molar-refractivity contribution in [3.63, 3.8) is 0 Å². The molecular formula is C22H24N6O2. The van der Waals surface area contributed by atoms with Crippen molar-refractivity contribution >= 4 is 28.8 Å². The smallest absolute Gasteiger partial charge is 0.323 e. The molecule has 0 radical (unpaired) electrons. The number of hydrogen-bond acceptors (Lipinski definition) is 4. The number of fused-ring (bicyclic) bond motifs is 1. The fraction of sp³-hybridized carbons (Fsp3) is 0.364. The summed E-state index contributed by atoms with van der Waals surface area (Å²) in [6, 6.07) is 7.50. The van der Waals surface area contributed by atoms with E-state index in [1.165, 1.54) is 6.42 Å². The van der Waals surface area contributed by atoms with E-state index >= 15 is 0 Å². The zero-order chi connectivity index (χ0) is 20.7. The highest BCUT2D eigenvalue weighted by Gasteiger charge is 2.23. The number of piperidine rings is 1. The highest BCUT2D eigenvalue weighted by molar-refractivity contribution is 5.97. The molecule has 30 heavy (non-hydrogen) atoms. The van der Waals surface area contributed by atoms with E-state index in [-0.39, 0.29) is 11.9 Å². The molecule has 0 aromatic carbocycles. The number of anilines is 1. The van der Waals surface area contributed by atoms with E-state index < -0.39 is 0 Å². The molecule has 2 aliphatic heterocycles. The molecule has 0 saturated carbocycles. The molecule has 0 unspecified atom stereocenters. The lowest BCUT2D eigenvalue weighted by Gasteiger charge is -2.30. The van der Waals surface area contributed by atoms with Crippen LogP contribution in [0.4, 0.5) is 10.6 Å². The van der Waals surface area contributed by atoms with Gasteiger partial charge in [-0.05, 0) is 43.0 Å². The molecule has 2 fully saturated rings. The topological polar surface area (TPSA) is 83.4 Å².